The summed E-state index contributed by atoms with van der Waals surface area (Å²) in [6.45, 7) is 1.78. The predicted octanol–water partition coefficient (Wildman–Crippen LogP) is 5.98. The molecule has 214 valence electrons. The number of carbonyl (C=O) groups is 3. The maximum absolute atomic E-state index is 14.5. The van der Waals surface area contributed by atoms with Crippen LogP contribution in [0.25, 0.3) is 11.1 Å². The van der Waals surface area contributed by atoms with Crippen molar-refractivity contribution in [3.8, 4) is 11.1 Å². The number of fused-ring (bicyclic) bond motifs is 3. The molecule has 42 heavy (non-hydrogen) atoms. The van der Waals surface area contributed by atoms with Crippen LogP contribution < -0.4 is 10.6 Å². The van der Waals surface area contributed by atoms with Gasteiger partial charge in [0.05, 0.1) is 24.0 Å². The molecule has 0 aliphatic heterocycles. The van der Waals surface area contributed by atoms with E-state index in [1.54, 1.807) is 6.92 Å². The van der Waals surface area contributed by atoms with Crippen LogP contribution >= 0.6 is 0 Å². The van der Waals surface area contributed by atoms with Crippen LogP contribution in [0.1, 0.15) is 39.9 Å². The molecule has 0 unspecified atom stereocenters. The average Bonchev–Trinajstić information content (AvgIpc) is 3.32. The Balaban J connectivity index is 1.31. The minimum Gasteiger partial charge on any atom is -0.478 e. The average molecular weight is 569 g/mol. The van der Waals surface area contributed by atoms with Gasteiger partial charge in [-0.2, -0.15) is 0 Å². The van der Waals surface area contributed by atoms with Gasteiger partial charge in [-0.15, -0.1) is 0 Å². The zero-order valence-electron chi connectivity index (χ0n) is 22.8. The Morgan fingerprint density at radius 1 is 0.881 bits per heavy atom. The van der Waals surface area contributed by atoms with Crippen LogP contribution in [0.15, 0.2) is 97.1 Å². The molecular formula is C33H29FN2O6. The first-order valence-electron chi connectivity index (χ1n) is 13.4. The monoisotopic (exact) mass is 568 g/mol. The van der Waals surface area contributed by atoms with E-state index in [1.807, 2.05) is 78.9 Å². The van der Waals surface area contributed by atoms with Crippen LogP contribution in [0, 0.1) is 5.82 Å². The highest BCUT2D eigenvalue weighted by atomic mass is 19.1. The van der Waals surface area contributed by atoms with E-state index in [-0.39, 0.29) is 30.4 Å². The summed E-state index contributed by atoms with van der Waals surface area (Å²) in [5.74, 6) is -3.09. The normalized spacial score (nSPS) is 13.4. The number of aromatic carboxylic acids is 1. The summed E-state index contributed by atoms with van der Waals surface area (Å²) in [4.78, 5) is 37.8. The molecule has 8 nitrogen and oxygen atoms in total. The number of carboxylic acid groups (broad SMARTS) is 1. The van der Waals surface area contributed by atoms with Gasteiger partial charge < -0.3 is 25.2 Å². The second kappa shape index (κ2) is 12.7. The van der Waals surface area contributed by atoms with Crippen LogP contribution in [-0.4, -0.2) is 41.8 Å². The summed E-state index contributed by atoms with van der Waals surface area (Å²) < 4.78 is 26.0. The number of carbonyl (C=O) groups excluding carboxylic acids is 2. The number of alkyl carbamates (subject to hydrolysis) is 1. The number of rotatable bonds is 10. The molecule has 0 aromatic heterocycles. The molecule has 1 aliphatic carbocycles. The number of nitrogens with one attached hydrogen (secondary N) is 2. The van der Waals surface area contributed by atoms with Gasteiger partial charge in [-0.05, 0) is 52.9 Å². The van der Waals surface area contributed by atoms with Gasteiger partial charge in [0.2, 0.25) is 5.91 Å². The van der Waals surface area contributed by atoms with Crippen LogP contribution in [0.2, 0.25) is 0 Å². The lowest BCUT2D eigenvalue weighted by molar-refractivity contribution is -0.122. The minimum absolute atomic E-state index is 0.0305. The Kier molecular flexibility index (Phi) is 8.59. The number of anilines is 1. The van der Waals surface area contributed by atoms with Crippen molar-refractivity contribution in [3.63, 3.8) is 0 Å². The summed E-state index contributed by atoms with van der Waals surface area (Å²) in [6.07, 6.45) is -1.72. The number of hydrogen-bond donors (Lipinski definition) is 3. The highest BCUT2D eigenvalue weighted by molar-refractivity contribution is 5.98. The van der Waals surface area contributed by atoms with E-state index in [2.05, 4.69) is 10.6 Å². The number of hydrogen-bond acceptors (Lipinski definition) is 5. The lowest BCUT2D eigenvalue weighted by Gasteiger charge is -2.25. The maximum atomic E-state index is 14.5. The zero-order valence-corrected chi connectivity index (χ0v) is 22.8. The summed E-state index contributed by atoms with van der Waals surface area (Å²) >= 11 is 0. The van der Waals surface area contributed by atoms with Crippen molar-refractivity contribution >= 4 is 23.7 Å². The number of amides is 2. The molecule has 4 aromatic rings. The first-order valence-corrected chi connectivity index (χ1v) is 13.4. The Bertz CT molecular complexity index is 1560. The largest absolute Gasteiger partial charge is 0.478 e. The van der Waals surface area contributed by atoms with Crippen molar-refractivity contribution in [1.29, 1.82) is 0 Å². The lowest BCUT2D eigenvalue weighted by atomic mass is 9.98. The summed E-state index contributed by atoms with van der Waals surface area (Å²) in [7, 11) is 0. The van der Waals surface area contributed by atoms with Gasteiger partial charge in [-0.3, -0.25) is 4.79 Å². The van der Waals surface area contributed by atoms with Gasteiger partial charge in [0.1, 0.15) is 18.5 Å². The van der Waals surface area contributed by atoms with Gasteiger partial charge >= 0.3 is 12.1 Å². The molecule has 5 rings (SSSR count). The van der Waals surface area contributed by atoms with Gasteiger partial charge in [-0.1, -0.05) is 78.9 Å². The molecule has 0 spiro atoms. The zero-order chi connectivity index (χ0) is 29.6. The fraction of sp³-hybridized carbons (Fsp3) is 0.182. The number of carboxylic acids is 1. The van der Waals surface area contributed by atoms with Crippen molar-refractivity contribution in [3.05, 3.63) is 125 Å². The van der Waals surface area contributed by atoms with Gasteiger partial charge in [-0.25, -0.2) is 14.0 Å². The Hall–Kier alpha value is -5.02. The number of halogens is 1. The van der Waals surface area contributed by atoms with Crippen LogP contribution in [0.3, 0.4) is 0 Å². The molecule has 0 saturated carbocycles. The Morgan fingerprint density at radius 3 is 2.14 bits per heavy atom. The SMILES string of the molecule is C[C@H](OCc1ccccc1)[C@@H](NC(=O)OCC1c2ccccc2-c2ccccc21)C(=O)Nc1cc(C(=O)O)ccc1F. The van der Waals surface area contributed by atoms with Crippen LogP contribution in [0.5, 0.6) is 0 Å². The van der Waals surface area contributed by atoms with Crippen molar-refractivity contribution in [1.82, 2.24) is 5.32 Å². The van der Waals surface area contributed by atoms with Gasteiger partial charge in [0.25, 0.3) is 0 Å². The molecule has 2 atom stereocenters. The smallest absolute Gasteiger partial charge is 0.407 e. The molecule has 2 amide bonds. The highest BCUT2D eigenvalue weighted by Gasteiger charge is 2.32. The second-order valence-corrected chi connectivity index (χ2v) is 9.94. The van der Waals surface area contributed by atoms with Crippen molar-refractivity contribution in [2.75, 3.05) is 11.9 Å². The first-order chi connectivity index (χ1) is 20.3. The van der Waals surface area contributed by atoms with E-state index in [0.717, 1.165) is 46.0 Å². The standard InChI is InChI=1S/C33H29FN2O6/c1-20(41-18-21-9-3-2-4-10-21)30(31(37)35-29-17-22(32(38)39)15-16-28(29)34)36-33(40)42-19-27-25-13-7-5-11-23(25)24-12-6-8-14-26(24)27/h2-17,20,27,30H,18-19H2,1H3,(H,35,37)(H,36,40)(H,38,39)/t20-,30+/m0/s1. The van der Waals surface area contributed by atoms with Crippen LogP contribution in [0.4, 0.5) is 14.9 Å². The van der Waals surface area contributed by atoms with Crippen molar-refractivity contribution in [2.45, 2.75) is 31.6 Å². The number of ether oxygens (including phenoxy) is 2. The third-order valence-electron chi connectivity index (χ3n) is 7.20. The molecule has 3 N–H and O–H groups in total. The molecule has 9 heteroatoms. The van der Waals surface area contributed by atoms with Crippen LogP contribution in [-0.2, 0) is 20.9 Å². The van der Waals surface area contributed by atoms with E-state index in [9.17, 15) is 23.9 Å². The first kappa shape index (κ1) is 28.5. The van der Waals surface area contributed by atoms with E-state index >= 15 is 0 Å². The minimum atomic E-state index is -1.29. The molecular weight excluding hydrogens is 539 g/mol. The fourth-order valence-corrected chi connectivity index (χ4v) is 5.03. The van der Waals surface area contributed by atoms with E-state index in [1.165, 1.54) is 0 Å². The van der Waals surface area contributed by atoms with E-state index in [0.29, 0.717) is 0 Å². The quantitative estimate of drug-likeness (QED) is 0.217. The topological polar surface area (TPSA) is 114 Å². The molecule has 4 aromatic carbocycles. The van der Waals surface area contributed by atoms with E-state index in [4.69, 9.17) is 9.47 Å². The predicted molar refractivity (Wildman–Crippen MR) is 155 cm³/mol. The number of benzene rings is 4. The Morgan fingerprint density at radius 2 is 1.50 bits per heavy atom. The molecule has 0 heterocycles. The lowest BCUT2D eigenvalue weighted by Crippen LogP contribution is -2.51. The van der Waals surface area contributed by atoms with Crippen molar-refractivity contribution < 1.29 is 33.4 Å². The maximum Gasteiger partial charge on any atom is 0.407 e. The summed E-state index contributed by atoms with van der Waals surface area (Å²) in [5.41, 5.74) is 4.53. The molecule has 0 bridgehead atoms. The fourth-order valence-electron chi connectivity index (χ4n) is 5.03. The second-order valence-electron chi connectivity index (χ2n) is 9.94. The van der Waals surface area contributed by atoms with E-state index < -0.39 is 35.9 Å². The molecule has 0 saturated heterocycles. The summed E-state index contributed by atoms with van der Waals surface area (Å²) in [6, 6.07) is 26.8. The third kappa shape index (κ3) is 6.31. The van der Waals surface area contributed by atoms with Crippen molar-refractivity contribution in [2.24, 2.45) is 0 Å². The molecule has 1 aliphatic rings. The molecule has 0 fully saturated rings. The van der Waals surface area contributed by atoms with Gasteiger partial charge in [0.15, 0.2) is 0 Å². The Labute approximate surface area is 242 Å². The van der Waals surface area contributed by atoms with Gasteiger partial charge in [0, 0.05) is 5.92 Å². The highest BCUT2D eigenvalue weighted by Crippen LogP contribution is 2.44. The summed E-state index contributed by atoms with van der Waals surface area (Å²) in [5, 5.41) is 14.2. The third-order valence-corrected chi connectivity index (χ3v) is 7.20. The molecule has 0 radical (unpaired) electrons.